The monoisotopic (exact) mass is 299 g/mol. The molecule has 94 valence electrons. The van der Waals surface area contributed by atoms with E-state index >= 15 is 0 Å². The zero-order chi connectivity index (χ0) is 12.4. The summed E-state index contributed by atoms with van der Waals surface area (Å²) in [5.74, 6) is 1.64. The molecule has 1 aliphatic heterocycles. The summed E-state index contributed by atoms with van der Waals surface area (Å²) in [5.41, 5.74) is 1.26. The van der Waals surface area contributed by atoms with Crippen LogP contribution < -0.4 is 5.32 Å². The Morgan fingerprint density at radius 3 is 2.82 bits per heavy atom. The van der Waals surface area contributed by atoms with Crippen molar-refractivity contribution < 1.29 is 4.39 Å². The van der Waals surface area contributed by atoms with Crippen molar-refractivity contribution in [1.82, 2.24) is 5.32 Å². The van der Waals surface area contributed by atoms with Crippen molar-refractivity contribution in [2.45, 2.75) is 26.2 Å². The first-order chi connectivity index (χ1) is 8.09. The first-order valence-electron chi connectivity index (χ1n) is 6.25. The van der Waals surface area contributed by atoms with Crippen LogP contribution in [0.4, 0.5) is 4.39 Å². The molecule has 0 aliphatic carbocycles. The van der Waals surface area contributed by atoms with Gasteiger partial charge in [0.1, 0.15) is 5.82 Å². The molecule has 1 aromatic carbocycles. The second-order valence-corrected chi connectivity index (χ2v) is 6.03. The fourth-order valence-electron chi connectivity index (χ4n) is 2.77. The fourth-order valence-corrected chi connectivity index (χ4v) is 3.42. The maximum absolute atomic E-state index is 13.1. The minimum atomic E-state index is -0.171. The molecular formula is C14H19BrFN. The van der Waals surface area contributed by atoms with Gasteiger partial charge in [-0.2, -0.15) is 0 Å². The molecule has 0 bridgehead atoms. The average Bonchev–Trinajstić information content (AvgIpc) is 2.29. The van der Waals surface area contributed by atoms with Gasteiger partial charge in [-0.15, -0.1) is 0 Å². The quantitative estimate of drug-likeness (QED) is 0.872. The van der Waals surface area contributed by atoms with Gasteiger partial charge < -0.3 is 5.32 Å². The Balaban J connectivity index is 2.29. The Hall–Kier alpha value is -0.410. The third kappa shape index (κ3) is 2.89. The van der Waals surface area contributed by atoms with Gasteiger partial charge in [-0.1, -0.05) is 35.8 Å². The van der Waals surface area contributed by atoms with E-state index in [0.29, 0.717) is 17.8 Å². The van der Waals surface area contributed by atoms with Gasteiger partial charge in [-0.05, 0) is 55.0 Å². The third-order valence-corrected chi connectivity index (χ3v) is 4.43. The summed E-state index contributed by atoms with van der Waals surface area (Å²) in [4.78, 5) is 0. The van der Waals surface area contributed by atoms with Gasteiger partial charge in [0.25, 0.3) is 0 Å². The number of piperidine rings is 1. The zero-order valence-electron chi connectivity index (χ0n) is 10.3. The summed E-state index contributed by atoms with van der Waals surface area (Å²) in [6, 6.07) is 5.08. The predicted octanol–water partition coefficient (Wildman–Crippen LogP) is 3.94. The molecule has 1 fully saturated rings. The van der Waals surface area contributed by atoms with E-state index in [2.05, 4.69) is 35.1 Å². The van der Waals surface area contributed by atoms with Crippen LogP contribution in [0.1, 0.15) is 31.7 Å². The molecule has 0 aromatic heterocycles. The number of nitrogens with one attached hydrogen (secondary N) is 1. The van der Waals surface area contributed by atoms with E-state index in [1.54, 1.807) is 12.1 Å². The summed E-state index contributed by atoms with van der Waals surface area (Å²) in [6.07, 6.45) is 1.13. The minimum Gasteiger partial charge on any atom is -0.316 e. The number of hydrogen-bond donors (Lipinski definition) is 1. The molecule has 3 heteroatoms. The Kier molecular flexibility index (Phi) is 4.21. The number of halogens is 2. The van der Waals surface area contributed by atoms with Crippen molar-refractivity contribution in [3.05, 3.63) is 34.1 Å². The van der Waals surface area contributed by atoms with E-state index in [9.17, 15) is 4.39 Å². The third-order valence-electron chi connectivity index (χ3n) is 3.75. The number of benzene rings is 1. The molecule has 1 aliphatic rings. The molecule has 17 heavy (non-hydrogen) atoms. The maximum Gasteiger partial charge on any atom is 0.124 e. The smallest absolute Gasteiger partial charge is 0.124 e. The lowest BCUT2D eigenvalue weighted by Crippen LogP contribution is -2.38. The van der Waals surface area contributed by atoms with Crippen LogP contribution >= 0.6 is 15.9 Å². The van der Waals surface area contributed by atoms with Crippen molar-refractivity contribution in [2.75, 3.05) is 13.1 Å². The van der Waals surface area contributed by atoms with E-state index in [1.165, 1.54) is 5.56 Å². The molecule has 1 nitrogen and oxygen atoms in total. The Morgan fingerprint density at radius 1 is 1.41 bits per heavy atom. The van der Waals surface area contributed by atoms with Gasteiger partial charge >= 0.3 is 0 Å². The highest BCUT2D eigenvalue weighted by Gasteiger charge is 2.29. The van der Waals surface area contributed by atoms with Crippen molar-refractivity contribution >= 4 is 15.9 Å². The molecule has 1 heterocycles. The van der Waals surface area contributed by atoms with E-state index in [1.807, 2.05) is 6.07 Å². The van der Waals surface area contributed by atoms with Crippen LogP contribution in [-0.4, -0.2) is 13.1 Å². The molecule has 1 N–H and O–H groups in total. The number of rotatable bonds is 2. The summed E-state index contributed by atoms with van der Waals surface area (Å²) in [6.45, 7) is 6.65. The van der Waals surface area contributed by atoms with Crippen LogP contribution in [0.5, 0.6) is 0 Å². The zero-order valence-corrected chi connectivity index (χ0v) is 11.9. The normalized spacial score (nSPS) is 25.2. The van der Waals surface area contributed by atoms with Crippen molar-refractivity contribution in [2.24, 2.45) is 11.8 Å². The van der Waals surface area contributed by atoms with E-state index in [0.717, 1.165) is 24.0 Å². The van der Waals surface area contributed by atoms with E-state index in [4.69, 9.17) is 0 Å². The second kappa shape index (κ2) is 5.49. The van der Waals surface area contributed by atoms with Gasteiger partial charge in [0.2, 0.25) is 0 Å². The standard InChI is InChI=1S/C14H19BrFN/c1-9(2)13-8-17-6-5-11(13)12-4-3-10(16)7-14(12)15/h3-4,7,9,11,13,17H,5-6,8H2,1-2H3. The van der Waals surface area contributed by atoms with E-state index < -0.39 is 0 Å². The van der Waals surface area contributed by atoms with Gasteiger partial charge in [0.15, 0.2) is 0 Å². The SMILES string of the molecule is CC(C)C1CNCCC1c1ccc(F)cc1Br. The Morgan fingerprint density at radius 2 is 2.18 bits per heavy atom. The van der Waals surface area contributed by atoms with Gasteiger partial charge in [-0.25, -0.2) is 4.39 Å². The Labute approximate surface area is 111 Å². The molecule has 1 saturated heterocycles. The van der Waals surface area contributed by atoms with Crippen LogP contribution in [0.25, 0.3) is 0 Å². The summed E-state index contributed by atoms with van der Waals surface area (Å²) >= 11 is 3.50. The molecule has 0 saturated carbocycles. The minimum absolute atomic E-state index is 0.171. The summed E-state index contributed by atoms with van der Waals surface area (Å²) < 4.78 is 14.0. The largest absolute Gasteiger partial charge is 0.316 e. The maximum atomic E-state index is 13.1. The highest BCUT2D eigenvalue weighted by atomic mass is 79.9. The van der Waals surface area contributed by atoms with Crippen LogP contribution in [0.15, 0.2) is 22.7 Å². The van der Waals surface area contributed by atoms with Crippen molar-refractivity contribution in [3.8, 4) is 0 Å². The van der Waals surface area contributed by atoms with Crippen LogP contribution in [-0.2, 0) is 0 Å². The van der Waals surface area contributed by atoms with E-state index in [-0.39, 0.29) is 5.82 Å². The van der Waals surface area contributed by atoms with Crippen LogP contribution in [0.3, 0.4) is 0 Å². The molecule has 2 atom stereocenters. The fraction of sp³-hybridized carbons (Fsp3) is 0.571. The first kappa shape index (κ1) is 13.0. The molecule has 0 spiro atoms. The van der Waals surface area contributed by atoms with Crippen LogP contribution in [0.2, 0.25) is 0 Å². The first-order valence-corrected chi connectivity index (χ1v) is 7.04. The summed E-state index contributed by atoms with van der Waals surface area (Å²) in [7, 11) is 0. The molecule has 2 unspecified atom stereocenters. The summed E-state index contributed by atoms with van der Waals surface area (Å²) in [5, 5.41) is 3.46. The van der Waals surface area contributed by atoms with Gasteiger partial charge in [0, 0.05) is 4.47 Å². The Bertz CT molecular complexity index is 392. The predicted molar refractivity (Wildman–Crippen MR) is 72.7 cm³/mol. The lowest BCUT2D eigenvalue weighted by Gasteiger charge is -2.35. The molecular weight excluding hydrogens is 281 g/mol. The molecule has 0 radical (unpaired) electrons. The molecule has 0 amide bonds. The van der Waals surface area contributed by atoms with Crippen molar-refractivity contribution in [3.63, 3.8) is 0 Å². The second-order valence-electron chi connectivity index (χ2n) is 5.17. The highest BCUT2D eigenvalue weighted by molar-refractivity contribution is 9.10. The lowest BCUT2D eigenvalue weighted by atomic mass is 9.75. The number of hydrogen-bond acceptors (Lipinski definition) is 1. The van der Waals surface area contributed by atoms with Crippen molar-refractivity contribution in [1.29, 1.82) is 0 Å². The van der Waals surface area contributed by atoms with Gasteiger partial charge in [0.05, 0.1) is 0 Å². The molecule has 1 aromatic rings. The highest BCUT2D eigenvalue weighted by Crippen LogP contribution is 2.38. The molecule has 2 rings (SSSR count). The lowest BCUT2D eigenvalue weighted by molar-refractivity contribution is 0.254. The van der Waals surface area contributed by atoms with Crippen LogP contribution in [0, 0.1) is 17.7 Å². The average molecular weight is 300 g/mol. The van der Waals surface area contributed by atoms with Gasteiger partial charge in [-0.3, -0.25) is 0 Å². The topological polar surface area (TPSA) is 12.0 Å².